The number of nitrogens with zero attached hydrogens (tertiary/aromatic N) is 6. The van der Waals surface area contributed by atoms with Gasteiger partial charge >= 0.3 is 0 Å². The Balaban J connectivity index is 1.25. The number of rotatable bonds is 7. The Hall–Kier alpha value is -5.44. The first kappa shape index (κ1) is 23.0. The Labute approximate surface area is 218 Å². The molecule has 9 nitrogen and oxygen atoms in total. The van der Waals surface area contributed by atoms with Crippen LogP contribution in [0, 0.1) is 0 Å². The monoisotopic (exact) mass is 498 g/mol. The summed E-state index contributed by atoms with van der Waals surface area (Å²) in [6.07, 6.45) is 6.89. The molecule has 6 rings (SSSR count). The minimum absolute atomic E-state index is 0.456. The lowest BCUT2D eigenvalue weighted by molar-refractivity contribution is 0.465. The van der Waals surface area contributed by atoms with E-state index in [1.165, 1.54) is 0 Å². The van der Waals surface area contributed by atoms with Crippen molar-refractivity contribution in [3.63, 3.8) is 0 Å². The van der Waals surface area contributed by atoms with Gasteiger partial charge in [0.25, 0.3) is 0 Å². The number of benzene rings is 2. The summed E-state index contributed by atoms with van der Waals surface area (Å²) in [4.78, 5) is 17.2. The summed E-state index contributed by atoms with van der Waals surface area (Å²) in [6.45, 7) is 0. The Morgan fingerprint density at radius 3 is 2.34 bits per heavy atom. The van der Waals surface area contributed by atoms with Crippen molar-refractivity contribution in [2.24, 2.45) is 0 Å². The predicted octanol–water partition coefficient (Wildman–Crippen LogP) is 6.12. The molecule has 0 radical (unpaired) electrons. The molecule has 0 bridgehead atoms. The van der Waals surface area contributed by atoms with Gasteiger partial charge in [-0.05, 0) is 54.6 Å². The molecule has 0 atom stereocenters. The number of nitrogens with one attached hydrogen (secondary N) is 2. The third kappa shape index (κ3) is 4.68. The summed E-state index contributed by atoms with van der Waals surface area (Å²) >= 11 is 0. The second-order valence-electron chi connectivity index (χ2n) is 8.30. The van der Waals surface area contributed by atoms with Crippen molar-refractivity contribution < 1.29 is 4.74 Å². The minimum Gasteiger partial charge on any atom is -0.438 e. The fourth-order valence-electron chi connectivity index (χ4n) is 4.07. The van der Waals surface area contributed by atoms with E-state index < -0.39 is 0 Å². The quantitative estimate of drug-likeness (QED) is 0.269. The fourth-order valence-corrected chi connectivity index (χ4v) is 4.07. The average molecular weight is 499 g/mol. The van der Waals surface area contributed by atoms with Gasteiger partial charge in [-0.25, -0.2) is 15.0 Å². The van der Waals surface area contributed by atoms with Crippen LogP contribution in [0.4, 0.5) is 17.5 Å². The van der Waals surface area contributed by atoms with Crippen LogP contribution in [0.3, 0.4) is 0 Å². The van der Waals surface area contributed by atoms with Crippen LogP contribution < -0.4 is 15.4 Å². The van der Waals surface area contributed by atoms with Crippen LogP contribution in [0.1, 0.15) is 0 Å². The van der Waals surface area contributed by atoms with Gasteiger partial charge in [0.2, 0.25) is 11.8 Å². The summed E-state index contributed by atoms with van der Waals surface area (Å²) in [5.74, 6) is 2.29. The van der Waals surface area contributed by atoms with Crippen molar-refractivity contribution in [1.29, 1.82) is 0 Å². The first-order valence-electron chi connectivity index (χ1n) is 12.0. The highest BCUT2D eigenvalue weighted by Gasteiger charge is 2.13. The maximum atomic E-state index is 6.12. The summed E-state index contributed by atoms with van der Waals surface area (Å²) in [5, 5.41) is 17.3. The van der Waals surface area contributed by atoms with E-state index in [4.69, 9.17) is 4.74 Å². The van der Waals surface area contributed by atoms with Crippen LogP contribution in [0.2, 0.25) is 0 Å². The molecule has 0 aliphatic rings. The standard InChI is InChI=1S/C29H22N8O/c1-30-29-33-18-14-25(35-29)24-7-4-15-32-28(24)38-21-10-8-20(9-11-21)34-27-23-6-3-2-5-22(23)26(36-37-27)19-12-16-31-17-13-19/h2-18H,1H3,(H,34,37)(H,30,33,35). The fraction of sp³-hybridized carbons (Fsp3) is 0.0345. The number of pyridine rings is 2. The van der Waals surface area contributed by atoms with Crippen LogP contribution in [-0.4, -0.2) is 37.2 Å². The van der Waals surface area contributed by atoms with Gasteiger partial charge in [0.05, 0.1) is 11.3 Å². The molecule has 2 aromatic carbocycles. The Kier molecular flexibility index (Phi) is 6.22. The molecule has 0 aliphatic carbocycles. The normalized spacial score (nSPS) is 10.8. The van der Waals surface area contributed by atoms with E-state index in [0.29, 0.717) is 29.1 Å². The zero-order valence-corrected chi connectivity index (χ0v) is 20.4. The lowest BCUT2D eigenvalue weighted by Gasteiger charge is -2.12. The molecule has 0 fully saturated rings. The van der Waals surface area contributed by atoms with Gasteiger partial charge in [-0.15, -0.1) is 10.2 Å². The minimum atomic E-state index is 0.456. The van der Waals surface area contributed by atoms with E-state index in [2.05, 4.69) is 40.8 Å². The highest BCUT2D eigenvalue weighted by Crippen LogP contribution is 2.33. The van der Waals surface area contributed by atoms with E-state index in [0.717, 1.165) is 33.3 Å². The zero-order valence-electron chi connectivity index (χ0n) is 20.4. The van der Waals surface area contributed by atoms with Crippen molar-refractivity contribution in [2.75, 3.05) is 17.7 Å². The van der Waals surface area contributed by atoms with E-state index in [9.17, 15) is 0 Å². The topological polar surface area (TPSA) is 111 Å². The molecule has 0 amide bonds. The van der Waals surface area contributed by atoms with Gasteiger partial charge < -0.3 is 15.4 Å². The SMILES string of the molecule is CNc1nccc(-c2cccnc2Oc2ccc(Nc3nnc(-c4ccncc4)c4ccccc34)cc2)n1. The molecule has 9 heteroatoms. The van der Waals surface area contributed by atoms with Crippen molar-refractivity contribution in [1.82, 2.24) is 30.1 Å². The van der Waals surface area contributed by atoms with Gasteiger partial charge in [-0.1, -0.05) is 24.3 Å². The average Bonchev–Trinajstić information content (AvgIpc) is 2.99. The Morgan fingerprint density at radius 1 is 0.711 bits per heavy atom. The largest absolute Gasteiger partial charge is 0.438 e. The summed E-state index contributed by atoms with van der Waals surface area (Å²) in [5.41, 5.74) is 4.11. The smallest absolute Gasteiger partial charge is 0.228 e. The molecule has 0 saturated carbocycles. The number of hydrogen-bond acceptors (Lipinski definition) is 9. The highest BCUT2D eigenvalue weighted by molar-refractivity contribution is 6.00. The van der Waals surface area contributed by atoms with Gasteiger partial charge in [-0.3, -0.25) is 4.98 Å². The second kappa shape index (κ2) is 10.3. The van der Waals surface area contributed by atoms with Crippen molar-refractivity contribution in [3.8, 4) is 34.1 Å². The highest BCUT2D eigenvalue weighted by atomic mass is 16.5. The Morgan fingerprint density at radius 2 is 1.53 bits per heavy atom. The first-order chi connectivity index (χ1) is 18.8. The number of ether oxygens (including phenoxy) is 1. The third-order valence-corrected chi connectivity index (χ3v) is 5.90. The third-order valence-electron chi connectivity index (χ3n) is 5.90. The van der Waals surface area contributed by atoms with Gasteiger partial charge in [0, 0.05) is 53.9 Å². The van der Waals surface area contributed by atoms with Crippen molar-refractivity contribution in [3.05, 3.63) is 104 Å². The van der Waals surface area contributed by atoms with Crippen LogP contribution in [-0.2, 0) is 0 Å². The molecule has 6 aromatic rings. The number of aromatic nitrogens is 6. The van der Waals surface area contributed by atoms with Gasteiger partial charge in [0.1, 0.15) is 11.4 Å². The molecule has 38 heavy (non-hydrogen) atoms. The first-order valence-corrected chi connectivity index (χ1v) is 12.0. The summed E-state index contributed by atoms with van der Waals surface area (Å²) in [6, 6.07) is 25.1. The van der Waals surface area contributed by atoms with Crippen LogP contribution >= 0.6 is 0 Å². The zero-order chi connectivity index (χ0) is 25.7. The van der Waals surface area contributed by atoms with E-state index in [1.54, 1.807) is 31.8 Å². The van der Waals surface area contributed by atoms with Gasteiger partial charge in [0.15, 0.2) is 5.82 Å². The lowest BCUT2D eigenvalue weighted by Crippen LogP contribution is -1.99. The lowest BCUT2D eigenvalue weighted by atomic mass is 10.1. The molecular formula is C29H22N8O. The van der Waals surface area contributed by atoms with Crippen LogP contribution in [0.5, 0.6) is 11.6 Å². The van der Waals surface area contributed by atoms with Gasteiger partial charge in [-0.2, -0.15) is 0 Å². The predicted molar refractivity (Wildman–Crippen MR) is 147 cm³/mol. The molecule has 2 N–H and O–H groups in total. The van der Waals surface area contributed by atoms with Crippen LogP contribution in [0.15, 0.2) is 104 Å². The summed E-state index contributed by atoms with van der Waals surface area (Å²) < 4.78 is 6.12. The molecule has 0 spiro atoms. The van der Waals surface area contributed by atoms with Crippen LogP contribution in [0.25, 0.3) is 33.3 Å². The number of anilines is 3. The molecule has 4 heterocycles. The molecule has 4 aromatic heterocycles. The van der Waals surface area contributed by atoms with E-state index in [1.807, 2.05) is 78.9 Å². The van der Waals surface area contributed by atoms with Crippen molar-refractivity contribution >= 4 is 28.2 Å². The number of fused-ring (bicyclic) bond motifs is 1. The maximum absolute atomic E-state index is 6.12. The second-order valence-corrected chi connectivity index (χ2v) is 8.30. The maximum Gasteiger partial charge on any atom is 0.228 e. The molecule has 0 saturated heterocycles. The Bertz CT molecular complexity index is 1710. The molecular weight excluding hydrogens is 476 g/mol. The molecule has 184 valence electrons. The summed E-state index contributed by atoms with van der Waals surface area (Å²) in [7, 11) is 1.78. The molecule has 0 aliphatic heterocycles. The number of hydrogen-bond donors (Lipinski definition) is 2. The van der Waals surface area contributed by atoms with Crippen molar-refractivity contribution in [2.45, 2.75) is 0 Å². The van der Waals surface area contributed by atoms with E-state index >= 15 is 0 Å². The molecule has 0 unspecified atom stereocenters. The van der Waals surface area contributed by atoms with E-state index in [-0.39, 0.29) is 0 Å².